The third kappa shape index (κ3) is 4.65. The minimum atomic E-state index is -3.95. The van der Waals surface area contributed by atoms with Gasteiger partial charge in [0.05, 0.1) is 38.0 Å². The number of amides is 1. The van der Waals surface area contributed by atoms with Crippen LogP contribution in [0.15, 0.2) is 53.7 Å². The predicted molar refractivity (Wildman–Crippen MR) is 111 cm³/mol. The van der Waals surface area contributed by atoms with Gasteiger partial charge in [-0.2, -0.15) is 4.31 Å². The molecule has 4 rings (SSSR count). The van der Waals surface area contributed by atoms with Gasteiger partial charge in [-0.15, -0.1) is 0 Å². The van der Waals surface area contributed by atoms with Gasteiger partial charge in [0, 0.05) is 31.8 Å². The molecule has 0 aliphatic carbocycles. The van der Waals surface area contributed by atoms with Crippen molar-refractivity contribution in [3.63, 3.8) is 0 Å². The lowest BCUT2D eigenvalue weighted by Crippen LogP contribution is -2.50. The molecule has 2 aromatic rings. The minimum absolute atomic E-state index is 0.0647. The number of ether oxygens (including phenoxy) is 3. The molecule has 0 N–H and O–H groups in total. The number of hydrogen-bond donors (Lipinski definition) is 0. The molecule has 2 aliphatic heterocycles. The first-order valence-corrected chi connectivity index (χ1v) is 11.5. The molecular weight excluding hydrogens is 422 g/mol. The molecule has 0 saturated carbocycles. The Bertz CT molecular complexity index is 1010. The number of morpholine rings is 1. The Balaban J connectivity index is 1.63. The van der Waals surface area contributed by atoms with Crippen molar-refractivity contribution in [1.82, 2.24) is 14.2 Å². The zero-order valence-corrected chi connectivity index (χ0v) is 18.0. The van der Waals surface area contributed by atoms with Gasteiger partial charge >= 0.3 is 0 Å². The van der Waals surface area contributed by atoms with E-state index in [-0.39, 0.29) is 23.8 Å². The van der Waals surface area contributed by atoms with E-state index in [1.165, 1.54) is 23.5 Å². The summed E-state index contributed by atoms with van der Waals surface area (Å²) in [5, 5.41) is 0. The quantitative estimate of drug-likeness (QED) is 0.655. The highest BCUT2D eigenvalue weighted by Crippen LogP contribution is 2.31. The van der Waals surface area contributed by atoms with E-state index in [4.69, 9.17) is 14.2 Å². The van der Waals surface area contributed by atoms with Crippen molar-refractivity contribution in [2.24, 2.45) is 0 Å². The number of rotatable bonds is 6. The van der Waals surface area contributed by atoms with Gasteiger partial charge in [0.2, 0.25) is 15.9 Å². The average molecular weight is 448 g/mol. The van der Waals surface area contributed by atoms with E-state index in [1.807, 2.05) is 0 Å². The lowest BCUT2D eigenvalue weighted by Gasteiger charge is -2.32. The Kier molecular flexibility index (Phi) is 6.40. The molecule has 2 aliphatic rings. The van der Waals surface area contributed by atoms with Crippen LogP contribution in [0.25, 0.3) is 0 Å². The third-order valence-corrected chi connectivity index (χ3v) is 7.28. The van der Waals surface area contributed by atoms with Crippen LogP contribution in [-0.2, 0) is 19.6 Å². The van der Waals surface area contributed by atoms with Crippen LogP contribution in [0.2, 0.25) is 0 Å². The molecule has 10 heteroatoms. The molecule has 1 amide bonds. The number of benzene rings is 1. The van der Waals surface area contributed by atoms with Gasteiger partial charge < -0.3 is 19.1 Å². The molecular formula is C21H25N3O6S. The molecule has 1 aromatic heterocycles. The smallest absolute Gasteiger partial charge is 0.244 e. The molecule has 3 heterocycles. The second kappa shape index (κ2) is 9.21. The van der Waals surface area contributed by atoms with Crippen LogP contribution in [0.3, 0.4) is 0 Å². The van der Waals surface area contributed by atoms with Crippen molar-refractivity contribution < 1.29 is 27.4 Å². The monoisotopic (exact) mass is 447 g/mol. The fraction of sp³-hybridized carbons (Fsp3) is 0.429. The molecule has 2 atom stereocenters. The number of carbonyl (C=O) groups excluding carboxylic acids is 1. The number of carbonyl (C=O) groups is 1. The molecule has 1 aromatic carbocycles. The van der Waals surface area contributed by atoms with Crippen molar-refractivity contribution in [1.29, 1.82) is 0 Å². The van der Waals surface area contributed by atoms with Gasteiger partial charge in [-0.05, 0) is 24.3 Å². The second-order valence-corrected chi connectivity index (χ2v) is 9.26. The molecule has 0 spiro atoms. The second-order valence-electron chi connectivity index (χ2n) is 7.37. The number of hydrogen-bond acceptors (Lipinski definition) is 7. The largest absolute Gasteiger partial charge is 0.497 e. The van der Waals surface area contributed by atoms with E-state index in [2.05, 4.69) is 4.98 Å². The van der Waals surface area contributed by atoms with Crippen LogP contribution in [0, 0.1) is 0 Å². The summed E-state index contributed by atoms with van der Waals surface area (Å²) < 4.78 is 44.7. The van der Waals surface area contributed by atoms with Crippen molar-refractivity contribution >= 4 is 15.9 Å². The number of pyridine rings is 1. The van der Waals surface area contributed by atoms with Crippen LogP contribution in [0.4, 0.5) is 0 Å². The van der Waals surface area contributed by atoms with E-state index in [1.54, 1.807) is 41.6 Å². The van der Waals surface area contributed by atoms with E-state index in [9.17, 15) is 13.2 Å². The van der Waals surface area contributed by atoms with E-state index in [0.717, 1.165) is 0 Å². The summed E-state index contributed by atoms with van der Waals surface area (Å²) in [4.78, 5) is 19.0. The van der Waals surface area contributed by atoms with Gasteiger partial charge in [0.1, 0.15) is 23.6 Å². The Morgan fingerprint density at radius 2 is 1.94 bits per heavy atom. The fourth-order valence-corrected chi connectivity index (χ4v) is 5.51. The lowest BCUT2D eigenvalue weighted by molar-refractivity contribution is -0.138. The SMILES string of the molecule is COc1cccc(S(=O)(=O)N2C[C@@H](Oc3cccnc3)C[C@@H]2C(=O)N2CCOCC2)c1. The number of methoxy groups -OCH3 is 1. The summed E-state index contributed by atoms with van der Waals surface area (Å²) in [5.74, 6) is 0.734. The summed E-state index contributed by atoms with van der Waals surface area (Å²) in [7, 11) is -2.47. The predicted octanol–water partition coefficient (Wildman–Crippen LogP) is 1.16. The van der Waals surface area contributed by atoms with Crippen LogP contribution in [0.5, 0.6) is 11.5 Å². The first-order valence-electron chi connectivity index (χ1n) is 10.1. The van der Waals surface area contributed by atoms with Crippen LogP contribution >= 0.6 is 0 Å². The molecule has 0 bridgehead atoms. The number of nitrogens with zero attached hydrogens (tertiary/aromatic N) is 3. The van der Waals surface area contributed by atoms with Gasteiger partial charge in [-0.1, -0.05) is 6.07 Å². The highest BCUT2D eigenvalue weighted by atomic mass is 32.2. The molecule has 0 unspecified atom stereocenters. The van der Waals surface area contributed by atoms with E-state index >= 15 is 0 Å². The highest BCUT2D eigenvalue weighted by molar-refractivity contribution is 7.89. The zero-order chi connectivity index (χ0) is 21.8. The first-order chi connectivity index (χ1) is 15.0. The Labute approximate surface area is 181 Å². The van der Waals surface area contributed by atoms with Gasteiger partial charge in [-0.25, -0.2) is 8.42 Å². The Hall–Kier alpha value is -2.69. The van der Waals surface area contributed by atoms with Gasteiger partial charge in [0.25, 0.3) is 0 Å². The van der Waals surface area contributed by atoms with Crippen LogP contribution in [-0.4, -0.2) is 80.6 Å². The maximum absolute atomic E-state index is 13.5. The van der Waals surface area contributed by atoms with Crippen LogP contribution in [0.1, 0.15) is 6.42 Å². The summed E-state index contributed by atoms with van der Waals surface area (Å²) in [5.41, 5.74) is 0. The molecule has 166 valence electrons. The van der Waals surface area contributed by atoms with E-state index < -0.39 is 22.2 Å². The summed E-state index contributed by atoms with van der Waals surface area (Å²) in [6, 6.07) is 8.90. The number of aromatic nitrogens is 1. The van der Waals surface area contributed by atoms with Crippen LogP contribution < -0.4 is 9.47 Å². The maximum atomic E-state index is 13.5. The summed E-state index contributed by atoms with van der Waals surface area (Å²) >= 11 is 0. The van der Waals surface area contributed by atoms with E-state index in [0.29, 0.717) is 37.8 Å². The first kappa shape index (κ1) is 21.5. The molecule has 2 saturated heterocycles. The third-order valence-electron chi connectivity index (χ3n) is 5.41. The zero-order valence-electron chi connectivity index (χ0n) is 17.2. The van der Waals surface area contributed by atoms with Gasteiger partial charge in [-0.3, -0.25) is 9.78 Å². The molecule has 0 radical (unpaired) electrons. The minimum Gasteiger partial charge on any atom is -0.497 e. The fourth-order valence-electron chi connectivity index (χ4n) is 3.84. The molecule has 31 heavy (non-hydrogen) atoms. The van der Waals surface area contributed by atoms with Crippen molar-refractivity contribution in [2.45, 2.75) is 23.5 Å². The Morgan fingerprint density at radius 3 is 2.65 bits per heavy atom. The Morgan fingerprint density at radius 1 is 1.16 bits per heavy atom. The normalized spacial score (nSPS) is 22.3. The standard InChI is InChI=1S/C21H25N3O6S/c1-28-16-4-2-6-19(12-16)31(26,27)24-15-18(30-17-5-3-7-22-14-17)13-20(24)21(25)23-8-10-29-11-9-23/h2-7,12,14,18,20H,8-11,13,15H2,1H3/t18-,20+/m0/s1. The average Bonchev–Trinajstić information content (AvgIpc) is 3.24. The van der Waals surface area contributed by atoms with Crippen molar-refractivity contribution in [2.75, 3.05) is 40.0 Å². The van der Waals surface area contributed by atoms with Crippen molar-refractivity contribution in [3.8, 4) is 11.5 Å². The number of sulfonamides is 1. The molecule has 9 nitrogen and oxygen atoms in total. The summed E-state index contributed by atoms with van der Waals surface area (Å²) in [6.07, 6.45) is 2.98. The topological polar surface area (TPSA) is 98.3 Å². The highest BCUT2D eigenvalue weighted by Gasteiger charge is 2.46. The summed E-state index contributed by atoms with van der Waals surface area (Å²) in [6.45, 7) is 1.83. The van der Waals surface area contributed by atoms with Crippen molar-refractivity contribution in [3.05, 3.63) is 48.8 Å². The maximum Gasteiger partial charge on any atom is 0.244 e. The lowest BCUT2D eigenvalue weighted by atomic mass is 10.1. The molecule has 2 fully saturated rings. The van der Waals surface area contributed by atoms with Gasteiger partial charge in [0.15, 0.2) is 0 Å².